The third-order valence-electron chi connectivity index (χ3n) is 17.1. The number of benzene rings is 9. The molecule has 79 heavy (non-hydrogen) atoms. The molecule has 6 aromatic heterocycles. The molecule has 6 heterocycles. The zero-order valence-electron chi connectivity index (χ0n) is 43.6. The number of hydrogen-bond donors (Lipinski definition) is 0. The fourth-order valence-corrected chi connectivity index (χ4v) is 13.6. The van der Waals surface area contributed by atoms with Crippen LogP contribution in [0.1, 0.15) is 34.7 Å². The molecule has 6 nitrogen and oxygen atoms in total. The Kier molecular flexibility index (Phi) is 9.34. The van der Waals surface area contributed by atoms with E-state index in [9.17, 15) is 0 Å². The Hall–Kier alpha value is -10.0. The molecular weight excluding hydrogens is 961 g/mol. The maximum atomic E-state index is 6.51. The van der Waals surface area contributed by atoms with Crippen LogP contribution in [0.15, 0.2) is 237 Å². The van der Waals surface area contributed by atoms with E-state index in [0.717, 1.165) is 102 Å². The van der Waals surface area contributed by atoms with E-state index < -0.39 is 0 Å². The van der Waals surface area contributed by atoms with Gasteiger partial charge in [0.25, 0.3) is 0 Å². The summed E-state index contributed by atoms with van der Waals surface area (Å²) in [5.74, 6) is 2.61. The van der Waals surface area contributed by atoms with Crippen molar-refractivity contribution in [1.29, 1.82) is 0 Å². The molecule has 1 fully saturated rings. The number of hydrogen-bond acceptors (Lipinski definition) is 2. The summed E-state index contributed by atoms with van der Waals surface area (Å²) in [6, 6.07) is 84.7. The lowest BCUT2D eigenvalue weighted by atomic mass is 9.96. The first-order valence-electron chi connectivity index (χ1n) is 27.6. The summed E-state index contributed by atoms with van der Waals surface area (Å²) in [6.45, 7) is 4.41. The Bertz CT molecular complexity index is 4860. The summed E-state index contributed by atoms with van der Waals surface area (Å²) in [4.78, 5) is 12.1. The number of para-hydroxylation sites is 5. The van der Waals surface area contributed by atoms with Crippen molar-refractivity contribution in [3.05, 3.63) is 259 Å². The largest absolute Gasteiger partial charge is 0.306 e. The van der Waals surface area contributed by atoms with Crippen molar-refractivity contribution in [2.45, 2.75) is 26.2 Å². The van der Waals surface area contributed by atoms with Crippen molar-refractivity contribution in [1.82, 2.24) is 28.2 Å². The standard InChI is InChI=1S/C73H50N6/c1-44-33-36-65-56(39-44)57-40-45(2)34-37-66(57)79(65)73-71(77-64-32-18-13-27-54(64)69-55-41-48(55)35-38-67(69)77)68(49-42-58(46-19-5-3-6-20-46)74-59(43-49)47-21-7-4-8-22-47)70(76-60-28-14-9-23-50(60)51-24-10-15-29-61(51)76)72(75-73)78-62-30-16-11-25-52(62)53-26-12-17-31-63(53)78/h3-40,42-43,48,55H,41H2,1-2H3. The summed E-state index contributed by atoms with van der Waals surface area (Å²) in [7, 11) is 0. The van der Waals surface area contributed by atoms with Gasteiger partial charge in [-0.2, -0.15) is 0 Å². The third-order valence-corrected chi connectivity index (χ3v) is 17.1. The molecule has 15 aromatic rings. The highest BCUT2D eigenvalue weighted by molar-refractivity contribution is 6.14. The number of nitrogens with zero attached hydrogens (tertiary/aromatic N) is 6. The molecule has 6 heteroatoms. The number of fused-ring (bicyclic) bond motifs is 14. The Morgan fingerprint density at radius 3 is 1.25 bits per heavy atom. The van der Waals surface area contributed by atoms with Crippen LogP contribution < -0.4 is 0 Å². The lowest BCUT2D eigenvalue weighted by Crippen LogP contribution is -2.17. The molecule has 0 N–H and O–H groups in total. The first-order chi connectivity index (χ1) is 39.0. The molecule has 0 aliphatic heterocycles. The molecule has 0 bridgehead atoms. The Balaban J connectivity index is 1.19. The molecule has 2 atom stereocenters. The number of aromatic nitrogens is 6. The van der Waals surface area contributed by atoms with Crippen molar-refractivity contribution >= 4 is 82.4 Å². The van der Waals surface area contributed by atoms with Gasteiger partial charge in [-0.15, -0.1) is 0 Å². The van der Waals surface area contributed by atoms with Gasteiger partial charge in [0.15, 0.2) is 11.6 Å². The molecule has 2 aliphatic rings. The lowest BCUT2D eigenvalue weighted by molar-refractivity contribution is 0.935. The van der Waals surface area contributed by atoms with Crippen molar-refractivity contribution < 1.29 is 0 Å². The van der Waals surface area contributed by atoms with Gasteiger partial charge in [-0.05, 0) is 116 Å². The van der Waals surface area contributed by atoms with Crippen LogP contribution in [-0.2, 0) is 0 Å². The van der Waals surface area contributed by atoms with Crippen molar-refractivity contribution in [3.63, 3.8) is 0 Å². The zero-order valence-corrected chi connectivity index (χ0v) is 43.6. The van der Waals surface area contributed by atoms with E-state index in [1.165, 1.54) is 60.1 Å². The van der Waals surface area contributed by atoms with Gasteiger partial charge in [-0.1, -0.05) is 181 Å². The third kappa shape index (κ3) is 6.46. The van der Waals surface area contributed by atoms with Crippen LogP contribution in [0.2, 0.25) is 0 Å². The maximum Gasteiger partial charge on any atom is 0.165 e. The molecular formula is C73H50N6. The average Bonchev–Trinajstić information content (AvgIpc) is 3.99. The molecule has 2 unspecified atom stereocenters. The van der Waals surface area contributed by atoms with E-state index in [1.807, 2.05) is 0 Å². The van der Waals surface area contributed by atoms with Gasteiger partial charge >= 0.3 is 0 Å². The van der Waals surface area contributed by atoms with Crippen LogP contribution in [-0.4, -0.2) is 28.2 Å². The summed E-state index contributed by atoms with van der Waals surface area (Å²) in [5, 5.41) is 8.35. The van der Waals surface area contributed by atoms with Gasteiger partial charge in [0.05, 0.1) is 55.7 Å². The quantitative estimate of drug-likeness (QED) is 0.160. The van der Waals surface area contributed by atoms with Crippen LogP contribution >= 0.6 is 0 Å². The summed E-state index contributed by atoms with van der Waals surface area (Å²) >= 11 is 0. The van der Waals surface area contributed by atoms with E-state index in [4.69, 9.17) is 9.97 Å². The minimum atomic E-state index is 0.439. The molecule has 1 saturated carbocycles. The van der Waals surface area contributed by atoms with E-state index in [1.54, 1.807) is 0 Å². The van der Waals surface area contributed by atoms with Gasteiger partial charge in [-0.3, -0.25) is 9.13 Å². The Morgan fingerprint density at radius 2 is 0.759 bits per heavy atom. The van der Waals surface area contributed by atoms with E-state index >= 15 is 0 Å². The van der Waals surface area contributed by atoms with Crippen LogP contribution in [0.5, 0.6) is 0 Å². The van der Waals surface area contributed by atoms with Gasteiger partial charge < -0.3 is 9.13 Å². The second-order valence-corrected chi connectivity index (χ2v) is 21.8. The highest BCUT2D eigenvalue weighted by Crippen LogP contribution is 2.57. The number of allylic oxidation sites excluding steroid dienone is 1. The highest BCUT2D eigenvalue weighted by Gasteiger charge is 2.43. The van der Waals surface area contributed by atoms with Crippen LogP contribution in [0.3, 0.4) is 0 Å². The summed E-state index contributed by atoms with van der Waals surface area (Å²) in [6.07, 6.45) is 6.04. The first kappa shape index (κ1) is 44.1. The average molecular weight is 1010 g/mol. The molecule has 17 rings (SSSR count). The van der Waals surface area contributed by atoms with E-state index in [2.05, 4.69) is 275 Å². The van der Waals surface area contributed by atoms with E-state index in [-0.39, 0.29) is 0 Å². The first-order valence-corrected chi connectivity index (χ1v) is 27.6. The molecule has 2 aliphatic carbocycles. The maximum absolute atomic E-state index is 6.51. The van der Waals surface area contributed by atoms with Gasteiger partial charge in [0.1, 0.15) is 11.4 Å². The summed E-state index contributed by atoms with van der Waals surface area (Å²) < 4.78 is 10.1. The van der Waals surface area contributed by atoms with Gasteiger partial charge in [-0.25, -0.2) is 9.97 Å². The Labute approximate surface area is 456 Å². The number of aryl methyl sites for hydroxylation is 2. The van der Waals surface area contributed by atoms with Gasteiger partial charge in [0.2, 0.25) is 0 Å². The van der Waals surface area contributed by atoms with E-state index in [0.29, 0.717) is 11.8 Å². The fraction of sp³-hybridized carbons (Fsp3) is 0.0685. The monoisotopic (exact) mass is 1010 g/mol. The number of pyridine rings is 2. The number of rotatable bonds is 7. The minimum Gasteiger partial charge on any atom is -0.306 e. The fourth-order valence-electron chi connectivity index (χ4n) is 13.6. The van der Waals surface area contributed by atoms with Crippen LogP contribution in [0.4, 0.5) is 0 Å². The molecule has 0 spiro atoms. The van der Waals surface area contributed by atoms with Gasteiger partial charge in [0, 0.05) is 54.4 Å². The Morgan fingerprint density at radius 1 is 0.354 bits per heavy atom. The topological polar surface area (TPSA) is 45.5 Å². The molecule has 0 amide bonds. The minimum absolute atomic E-state index is 0.439. The lowest BCUT2D eigenvalue weighted by Gasteiger charge is -2.27. The van der Waals surface area contributed by atoms with Crippen molar-refractivity contribution in [3.8, 4) is 56.7 Å². The predicted molar refractivity (Wildman–Crippen MR) is 328 cm³/mol. The molecule has 0 radical (unpaired) electrons. The van der Waals surface area contributed by atoms with Crippen LogP contribution in [0.25, 0.3) is 139 Å². The molecule has 372 valence electrons. The van der Waals surface area contributed by atoms with Crippen LogP contribution in [0, 0.1) is 19.8 Å². The van der Waals surface area contributed by atoms with Crippen molar-refractivity contribution in [2.75, 3.05) is 0 Å². The normalized spacial score (nSPS) is 14.9. The highest BCUT2D eigenvalue weighted by atomic mass is 15.2. The predicted octanol–water partition coefficient (Wildman–Crippen LogP) is 18.5. The zero-order chi connectivity index (χ0) is 52.0. The molecule has 9 aromatic carbocycles. The van der Waals surface area contributed by atoms with Crippen molar-refractivity contribution in [2.24, 2.45) is 5.92 Å². The smallest absolute Gasteiger partial charge is 0.165 e. The second-order valence-electron chi connectivity index (χ2n) is 21.8. The second kappa shape index (κ2) is 16.7. The molecule has 0 saturated heterocycles. The SMILES string of the molecule is Cc1ccc2c(c1)c1cc(C)ccc1n2-c1nc(-n2c3ccccc3c3ccccc32)c(-n2c3ccccc3c3ccccc32)c(-c2cc(-c3ccccc3)nc(-c3ccccc3)c2)c1-n1c2c(c3ccccc31)C1CC1C=C2. The summed E-state index contributed by atoms with van der Waals surface area (Å²) in [5.41, 5.74) is 20.6.